The number of nitrogens with one attached hydrogen (secondary N) is 1. The summed E-state index contributed by atoms with van der Waals surface area (Å²) < 4.78 is 4.23. The Morgan fingerprint density at radius 1 is 1.62 bits per heavy atom. The largest absolute Gasteiger partial charge is 0.375 e. The zero-order valence-electron chi connectivity index (χ0n) is 10.0. The summed E-state index contributed by atoms with van der Waals surface area (Å²) in [5, 5.41) is 4.31. The fourth-order valence-electron chi connectivity index (χ4n) is 1.99. The van der Waals surface area contributed by atoms with Crippen molar-refractivity contribution in [3.05, 3.63) is 11.3 Å². The molecule has 1 atom stereocenters. The lowest BCUT2D eigenvalue weighted by Gasteiger charge is -2.11. The number of hydrogen-bond acceptors (Lipinski definition) is 4. The summed E-state index contributed by atoms with van der Waals surface area (Å²) in [5.41, 5.74) is 1.62. The molecule has 1 saturated carbocycles. The van der Waals surface area contributed by atoms with E-state index >= 15 is 0 Å². The summed E-state index contributed by atoms with van der Waals surface area (Å²) in [4.78, 5) is 11.5. The molecule has 88 valence electrons. The molecule has 1 aliphatic rings. The molecule has 1 fully saturated rings. The third-order valence-electron chi connectivity index (χ3n) is 3.23. The molecule has 1 aliphatic carbocycles. The maximum atomic E-state index is 11.5. The topological polar surface area (TPSA) is 42.0 Å². The first-order chi connectivity index (χ1) is 7.59. The van der Waals surface area contributed by atoms with E-state index in [1.807, 2.05) is 6.92 Å². The van der Waals surface area contributed by atoms with Gasteiger partial charge in [0.15, 0.2) is 5.78 Å². The van der Waals surface area contributed by atoms with E-state index in [9.17, 15) is 4.79 Å². The van der Waals surface area contributed by atoms with Crippen molar-refractivity contribution in [3.63, 3.8) is 0 Å². The van der Waals surface area contributed by atoms with Crippen LogP contribution in [0, 0.1) is 18.8 Å². The van der Waals surface area contributed by atoms with Gasteiger partial charge >= 0.3 is 0 Å². The number of ketones is 1. The summed E-state index contributed by atoms with van der Waals surface area (Å²) >= 11 is 1.40. The van der Waals surface area contributed by atoms with Gasteiger partial charge in [-0.25, -0.2) is 0 Å². The van der Waals surface area contributed by atoms with Gasteiger partial charge in [0.1, 0.15) is 5.00 Å². The Bertz CT molecular complexity index is 396. The van der Waals surface area contributed by atoms with Crippen molar-refractivity contribution >= 4 is 22.3 Å². The zero-order chi connectivity index (χ0) is 11.7. The smallest absolute Gasteiger partial charge is 0.164 e. The first-order valence-electron chi connectivity index (χ1n) is 5.80. The first kappa shape index (κ1) is 11.6. The lowest BCUT2D eigenvalue weighted by molar-refractivity contribution is 0.101. The molecule has 4 heteroatoms. The summed E-state index contributed by atoms with van der Waals surface area (Å²) in [6.45, 7) is 6.72. The minimum atomic E-state index is 0.104. The number of carbonyl (C=O) groups is 1. The molecule has 0 aromatic carbocycles. The Morgan fingerprint density at radius 3 is 2.88 bits per heavy atom. The minimum absolute atomic E-state index is 0.104. The van der Waals surface area contributed by atoms with Gasteiger partial charge in [-0.15, -0.1) is 0 Å². The molecular formula is C12H18N2OS. The van der Waals surface area contributed by atoms with Crippen LogP contribution >= 0.6 is 11.5 Å². The fourth-order valence-corrected chi connectivity index (χ4v) is 2.84. The third-order valence-corrected chi connectivity index (χ3v) is 4.12. The van der Waals surface area contributed by atoms with Gasteiger partial charge in [0, 0.05) is 6.54 Å². The van der Waals surface area contributed by atoms with Crippen molar-refractivity contribution in [3.8, 4) is 0 Å². The molecule has 0 radical (unpaired) electrons. The summed E-state index contributed by atoms with van der Waals surface area (Å²) in [5.74, 6) is 1.69. The van der Waals surface area contributed by atoms with Crippen molar-refractivity contribution in [1.29, 1.82) is 0 Å². The number of rotatable bonds is 5. The van der Waals surface area contributed by atoms with Crippen molar-refractivity contribution in [1.82, 2.24) is 4.37 Å². The number of anilines is 1. The molecule has 1 N–H and O–H groups in total. The van der Waals surface area contributed by atoms with Crippen molar-refractivity contribution in [2.75, 3.05) is 11.9 Å². The van der Waals surface area contributed by atoms with Gasteiger partial charge in [0.2, 0.25) is 0 Å². The average molecular weight is 238 g/mol. The molecule has 0 amide bonds. The SMILES string of the molecule is CC(=O)c1c(C)nsc1NCC(C)C1CC1. The molecule has 0 bridgehead atoms. The van der Waals surface area contributed by atoms with E-state index in [-0.39, 0.29) is 5.78 Å². The standard InChI is InChI=1S/C12H18N2OS/c1-7(10-4-5-10)6-13-12-11(9(3)15)8(2)14-16-12/h7,10,13H,4-6H2,1-3H3. The Morgan fingerprint density at radius 2 is 2.31 bits per heavy atom. The van der Waals surface area contributed by atoms with Gasteiger partial charge in [-0.3, -0.25) is 4.79 Å². The van der Waals surface area contributed by atoms with E-state index in [2.05, 4.69) is 16.6 Å². The molecule has 1 unspecified atom stereocenters. The van der Waals surface area contributed by atoms with Gasteiger partial charge in [0.05, 0.1) is 11.3 Å². The van der Waals surface area contributed by atoms with Crippen LogP contribution in [0.4, 0.5) is 5.00 Å². The Kier molecular flexibility index (Phi) is 3.28. The van der Waals surface area contributed by atoms with Crippen LogP contribution in [0.1, 0.15) is 42.7 Å². The first-order valence-corrected chi connectivity index (χ1v) is 6.58. The summed E-state index contributed by atoms with van der Waals surface area (Å²) in [6.07, 6.45) is 2.73. The Hall–Kier alpha value is -0.900. The van der Waals surface area contributed by atoms with E-state index in [1.165, 1.54) is 24.4 Å². The molecule has 16 heavy (non-hydrogen) atoms. The van der Waals surface area contributed by atoms with Crippen LogP contribution in [0.2, 0.25) is 0 Å². The van der Waals surface area contributed by atoms with E-state index in [0.29, 0.717) is 5.92 Å². The minimum Gasteiger partial charge on any atom is -0.375 e. The number of Topliss-reactive ketones (excluding diaryl/α,β-unsaturated/α-hetero) is 1. The molecule has 1 aromatic heterocycles. The number of hydrogen-bond donors (Lipinski definition) is 1. The second-order valence-electron chi connectivity index (χ2n) is 4.72. The normalized spacial score (nSPS) is 17.2. The predicted molar refractivity (Wildman–Crippen MR) is 67.2 cm³/mol. The number of aromatic nitrogens is 1. The van der Waals surface area contributed by atoms with E-state index < -0.39 is 0 Å². The maximum Gasteiger partial charge on any atom is 0.164 e. The van der Waals surface area contributed by atoms with Crippen LogP contribution in [-0.2, 0) is 0 Å². The molecule has 2 rings (SSSR count). The summed E-state index contributed by atoms with van der Waals surface area (Å²) in [6, 6.07) is 0. The molecule has 0 aliphatic heterocycles. The highest BCUT2D eigenvalue weighted by molar-refractivity contribution is 7.10. The quantitative estimate of drug-likeness (QED) is 0.801. The third kappa shape index (κ3) is 2.43. The number of carbonyl (C=O) groups excluding carboxylic acids is 1. The molecule has 0 spiro atoms. The van der Waals surface area contributed by atoms with Gasteiger partial charge in [-0.1, -0.05) is 6.92 Å². The van der Waals surface area contributed by atoms with Crippen LogP contribution in [0.5, 0.6) is 0 Å². The van der Waals surface area contributed by atoms with E-state index in [0.717, 1.165) is 28.7 Å². The maximum absolute atomic E-state index is 11.5. The van der Waals surface area contributed by atoms with Crippen molar-refractivity contribution < 1.29 is 4.79 Å². The van der Waals surface area contributed by atoms with E-state index in [4.69, 9.17) is 0 Å². The lowest BCUT2D eigenvalue weighted by atomic mass is 10.1. The second-order valence-corrected chi connectivity index (χ2v) is 5.50. The number of nitrogens with zero attached hydrogens (tertiary/aromatic N) is 1. The van der Waals surface area contributed by atoms with Gasteiger partial charge in [0.25, 0.3) is 0 Å². The van der Waals surface area contributed by atoms with Crippen LogP contribution in [0.15, 0.2) is 0 Å². The molecule has 0 saturated heterocycles. The lowest BCUT2D eigenvalue weighted by Crippen LogP contribution is -2.13. The fraction of sp³-hybridized carbons (Fsp3) is 0.667. The summed E-state index contributed by atoms with van der Waals surface area (Å²) in [7, 11) is 0. The van der Waals surface area contributed by atoms with Crippen molar-refractivity contribution in [2.24, 2.45) is 11.8 Å². The highest BCUT2D eigenvalue weighted by Crippen LogP contribution is 2.37. The molecular weight excluding hydrogens is 220 g/mol. The van der Waals surface area contributed by atoms with Crippen LogP contribution in [-0.4, -0.2) is 16.7 Å². The monoisotopic (exact) mass is 238 g/mol. The Labute approximate surface area is 100 Å². The predicted octanol–water partition coefficient (Wildman–Crippen LogP) is 3.11. The molecule has 1 heterocycles. The zero-order valence-corrected chi connectivity index (χ0v) is 10.9. The van der Waals surface area contributed by atoms with Gasteiger partial charge in [-0.2, -0.15) is 4.37 Å². The van der Waals surface area contributed by atoms with Gasteiger partial charge < -0.3 is 5.32 Å². The Balaban J connectivity index is 2.00. The highest BCUT2D eigenvalue weighted by atomic mass is 32.1. The van der Waals surface area contributed by atoms with Crippen LogP contribution in [0.25, 0.3) is 0 Å². The molecule has 1 aromatic rings. The average Bonchev–Trinajstić information content (AvgIpc) is 2.99. The van der Waals surface area contributed by atoms with Crippen LogP contribution in [0.3, 0.4) is 0 Å². The van der Waals surface area contributed by atoms with Crippen molar-refractivity contribution in [2.45, 2.75) is 33.6 Å². The highest BCUT2D eigenvalue weighted by Gasteiger charge is 2.28. The second kappa shape index (κ2) is 4.53. The van der Waals surface area contributed by atoms with Gasteiger partial charge in [-0.05, 0) is 50.1 Å². The van der Waals surface area contributed by atoms with Crippen LogP contribution < -0.4 is 5.32 Å². The number of aryl methyl sites for hydroxylation is 1. The molecule has 3 nitrogen and oxygen atoms in total. The van der Waals surface area contributed by atoms with E-state index in [1.54, 1.807) is 6.92 Å².